The third-order valence-electron chi connectivity index (χ3n) is 2.93. The molecule has 0 radical (unpaired) electrons. The highest BCUT2D eigenvalue weighted by Crippen LogP contribution is 2.22. The monoisotopic (exact) mass is 281 g/mol. The molecule has 106 valence electrons. The van der Waals surface area contributed by atoms with Gasteiger partial charge in [0, 0.05) is 6.54 Å². The van der Waals surface area contributed by atoms with Gasteiger partial charge in [-0.15, -0.1) is 6.58 Å². The smallest absolute Gasteiger partial charge is 0.212 e. The minimum Gasteiger partial charge on any atom is -0.212 e. The molecule has 0 atom stereocenters. The molecule has 1 N–H and O–H groups in total. The van der Waals surface area contributed by atoms with E-state index < -0.39 is 10.0 Å². The molecule has 0 unspecified atom stereocenters. The Hall–Kier alpha value is -1.13. The lowest BCUT2D eigenvalue weighted by Gasteiger charge is -2.19. The van der Waals surface area contributed by atoms with Crippen molar-refractivity contribution < 1.29 is 8.42 Å². The molecule has 0 bridgehead atoms. The summed E-state index contributed by atoms with van der Waals surface area (Å²) in [6.07, 6.45) is 2.06. The molecular weight excluding hydrogens is 258 g/mol. The molecular formula is C15H23NO2S. The fraction of sp³-hybridized carbons (Fsp3) is 0.467. The van der Waals surface area contributed by atoms with Crippen LogP contribution < -0.4 is 4.72 Å². The third-order valence-corrected chi connectivity index (χ3v) is 4.28. The standard InChI is InChI=1S/C15H23NO2S/c1-5-11-16-19(17,18)12-10-13-6-8-14(9-7-13)15(2,3)4/h5-9,16H,1,10-12H2,2-4H3. The number of aryl methyl sites for hydroxylation is 1. The normalized spacial score (nSPS) is 12.4. The van der Waals surface area contributed by atoms with Gasteiger partial charge < -0.3 is 0 Å². The largest absolute Gasteiger partial charge is 0.212 e. The van der Waals surface area contributed by atoms with Crippen molar-refractivity contribution in [3.05, 3.63) is 48.0 Å². The van der Waals surface area contributed by atoms with Crippen molar-refractivity contribution in [2.45, 2.75) is 32.6 Å². The highest BCUT2D eigenvalue weighted by Gasteiger charge is 2.13. The molecule has 4 heteroatoms. The Balaban J connectivity index is 2.62. The zero-order chi connectivity index (χ0) is 14.5. The average Bonchev–Trinajstić information content (AvgIpc) is 2.34. The van der Waals surface area contributed by atoms with E-state index in [1.807, 2.05) is 12.1 Å². The molecule has 0 aliphatic heterocycles. The summed E-state index contributed by atoms with van der Waals surface area (Å²) in [6.45, 7) is 10.2. The molecule has 0 aliphatic carbocycles. The highest BCUT2D eigenvalue weighted by atomic mass is 32.2. The van der Waals surface area contributed by atoms with Crippen LogP contribution in [-0.4, -0.2) is 20.7 Å². The quantitative estimate of drug-likeness (QED) is 0.815. The summed E-state index contributed by atoms with van der Waals surface area (Å²) in [5, 5.41) is 0. The topological polar surface area (TPSA) is 46.2 Å². The average molecular weight is 281 g/mol. The van der Waals surface area contributed by atoms with Crippen LogP contribution in [0.4, 0.5) is 0 Å². The Kier molecular flexibility index (Phi) is 5.32. The van der Waals surface area contributed by atoms with Gasteiger partial charge in [-0.2, -0.15) is 0 Å². The lowest BCUT2D eigenvalue weighted by Crippen LogP contribution is -2.27. The number of hydrogen-bond acceptors (Lipinski definition) is 2. The summed E-state index contributed by atoms with van der Waals surface area (Å²) >= 11 is 0. The molecule has 1 aromatic rings. The van der Waals surface area contributed by atoms with Gasteiger partial charge in [0.15, 0.2) is 0 Å². The highest BCUT2D eigenvalue weighted by molar-refractivity contribution is 7.89. The summed E-state index contributed by atoms with van der Waals surface area (Å²) in [7, 11) is -3.20. The second-order valence-electron chi connectivity index (χ2n) is 5.65. The Morgan fingerprint density at radius 3 is 2.26 bits per heavy atom. The van der Waals surface area contributed by atoms with Crippen molar-refractivity contribution in [3.8, 4) is 0 Å². The van der Waals surface area contributed by atoms with Crippen molar-refractivity contribution in [2.75, 3.05) is 12.3 Å². The fourth-order valence-corrected chi connectivity index (χ4v) is 2.70. The van der Waals surface area contributed by atoms with Crippen LogP contribution in [0.15, 0.2) is 36.9 Å². The van der Waals surface area contributed by atoms with E-state index in [0.29, 0.717) is 6.42 Å². The first-order valence-corrected chi connectivity index (χ1v) is 8.07. The minimum atomic E-state index is -3.20. The van der Waals surface area contributed by atoms with Crippen molar-refractivity contribution in [1.29, 1.82) is 0 Å². The van der Waals surface area contributed by atoms with Crippen LogP contribution >= 0.6 is 0 Å². The van der Waals surface area contributed by atoms with Crippen LogP contribution in [0.1, 0.15) is 31.9 Å². The SMILES string of the molecule is C=CCNS(=O)(=O)CCc1ccc(C(C)(C)C)cc1. The van der Waals surface area contributed by atoms with Crippen LogP contribution in [0.2, 0.25) is 0 Å². The minimum absolute atomic E-state index is 0.107. The molecule has 0 heterocycles. The van der Waals surface area contributed by atoms with E-state index >= 15 is 0 Å². The Bertz CT molecular complexity index is 510. The summed E-state index contributed by atoms with van der Waals surface area (Å²) < 4.78 is 25.7. The predicted octanol–water partition coefficient (Wildman–Crippen LogP) is 2.63. The summed E-state index contributed by atoms with van der Waals surface area (Å²) in [6, 6.07) is 8.14. The van der Waals surface area contributed by atoms with E-state index in [0.717, 1.165) is 5.56 Å². The van der Waals surface area contributed by atoms with Crippen molar-refractivity contribution in [2.24, 2.45) is 0 Å². The van der Waals surface area contributed by atoms with E-state index in [1.54, 1.807) is 0 Å². The second-order valence-corrected chi connectivity index (χ2v) is 7.58. The van der Waals surface area contributed by atoms with Gasteiger partial charge in [-0.25, -0.2) is 13.1 Å². The van der Waals surface area contributed by atoms with Crippen LogP contribution in [0.5, 0.6) is 0 Å². The number of benzene rings is 1. The van der Waals surface area contributed by atoms with Crippen LogP contribution in [0.25, 0.3) is 0 Å². The Morgan fingerprint density at radius 1 is 1.21 bits per heavy atom. The molecule has 0 aromatic heterocycles. The molecule has 0 fully saturated rings. The Labute approximate surface area is 116 Å². The van der Waals surface area contributed by atoms with Gasteiger partial charge in [0.1, 0.15) is 0 Å². The zero-order valence-electron chi connectivity index (χ0n) is 11.9. The van der Waals surface area contributed by atoms with Crippen LogP contribution in [0.3, 0.4) is 0 Å². The zero-order valence-corrected chi connectivity index (χ0v) is 12.8. The van der Waals surface area contributed by atoms with Gasteiger partial charge in [-0.05, 0) is 23.0 Å². The maximum Gasteiger partial charge on any atom is 0.212 e. The Morgan fingerprint density at radius 2 is 1.79 bits per heavy atom. The van der Waals surface area contributed by atoms with Crippen LogP contribution in [0, 0.1) is 0 Å². The predicted molar refractivity (Wildman–Crippen MR) is 80.8 cm³/mol. The van der Waals surface area contributed by atoms with Crippen LogP contribution in [-0.2, 0) is 21.9 Å². The van der Waals surface area contributed by atoms with Gasteiger partial charge in [0.05, 0.1) is 5.75 Å². The number of hydrogen-bond donors (Lipinski definition) is 1. The molecule has 0 aliphatic rings. The molecule has 19 heavy (non-hydrogen) atoms. The molecule has 0 amide bonds. The first kappa shape index (κ1) is 15.9. The molecule has 3 nitrogen and oxygen atoms in total. The number of rotatable bonds is 6. The lowest BCUT2D eigenvalue weighted by atomic mass is 9.86. The lowest BCUT2D eigenvalue weighted by molar-refractivity contribution is 0.584. The van der Waals surface area contributed by atoms with E-state index in [-0.39, 0.29) is 17.7 Å². The molecule has 0 saturated carbocycles. The van der Waals surface area contributed by atoms with Crippen molar-refractivity contribution >= 4 is 10.0 Å². The van der Waals surface area contributed by atoms with Gasteiger partial charge in [0.2, 0.25) is 10.0 Å². The molecule has 0 saturated heterocycles. The van der Waals surface area contributed by atoms with E-state index in [9.17, 15) is 8.42 Å². The first-order valence-electron chi connectivity index (χ1n) is 6.42. The van der Waals surface area contributed by atoms with Gasteiger partial charge >= 0.3 is 0 Å². The number of sulfonamides is 1. The van der Waals surface area contributed by atoms with E-state index in [2.05, 4.69) is 44.2 Å². The van der Waals surface area contributed by atoms with Gasteiger partial charge in [-0.3, -0.25) is 0 Å². The van der Waals surface area contributed by atoms with E-state index in [4.69, 9.17) is 0 Å². The van der Waals surface area contributed by atoms with E-state index in [1.165, 1.54) is 11.6 Å². The summed E-state index contributed by atoms with van der Waals surface area (Å²) in [4.78, 5) is 0. The third kappa shape index (κ3) is 5.57. The van der Waals surface area contributed by atoms with Gasteiger partial charge in [0.25, 0.3) is 0 Å². The van der Waals surface area contributed by atoms with Crippen molar-refractivity contribution in [1.82, 2.24) is 4.72 Å². The molecule has 1 rings (SSSR count). The second kappa shape index (κ2) is 6.35. The van der Waals surface area contributed by atoms with Gasteiger partial charge in [-0.1, -0.05) is 51.1 Å². The van der Waals surface area contributed by atoms with Crippen molar-refractivity contribution in [3.63, 3.8) is 0 Å². The maximum absolute atomic E-state index is 11.6. The fourth-order valence-electron chi connectivity index (χ4n) is 1.68. The number of nitrogens with one attached hydrogen (secondary N) is 1. The molecule has 0 spiro atoms. The first-order chi connectivity index (χ1) is 8.74. The summed E-state index contributed by atoms with van der Waals surface area (Å²) in [5.41, 5.74) is 2.41. The maximum atomic E-state index is 11.6. The molecule has 1 aromatic carbocycles. The summed E-state index contributed by atoms with van der Waals surface area (Å²) in [5.74, 6) is 0.107.